The quantitative estimate of drug-likeness (QED) is 0.646. The van der Waals surface area contributed by atoms with Crippen molar-refractivity contribution in [2.45, 2.75) is 4.90 Å². The van der Waals surface area contributed by atoms with Gasteiger partial charge in [0, 0.05) is 16.0 Å². The van der Waals surface area contributed by atoms with Gasteiger partial charge in [0.25, 0.3) is 0 Å². The number of rotatable bonds is 2. The van der Waals surface area contributed by atoms with E-state index in [-0.39, 0.29) is 5.78 Å². The lowest BCUT2D eigenvalue weighted by molar-refractivity contribution is 0.103. The third-order valence-electron chi connectivity index (χ3n) is 2.38. The molecule has 3 heteroatoms. The van der Waals surface area contributed by atoms with Gasteiger partial charge in [-0.1, -0.05) is 12.1 Å². The lowest BCUT2D eigenvalue weighted by Crippen LogP contribution is -2.01. The van der Waals surface area contributed by atoms with Crippen LogP contribution in [0, 0.1) is 11.3 Å². The van der Waals surface area contributed by atoms with Crippen LogP contribution in [0.2, 0.25) is 0 Å². The van der Waals surface area contributed by atoms with Crippen molar-refractivity contribution in [2.75, 3.05) is 0 Å². The first kappa shape index (κ1) is 11.4. The van der Waals surface area contributed by atoms with E-state index < -0.39 is 0 Å². The van der Waals surface area contributed by atoms with Gasteiger partial charge < -0.3 is 0 Å². The summed E-state index contributed by atoms with van der Waals surface area (Å²) >= 11 is 4.16. The van der Waals surface area contributed by atoms with Crippen molar-refractivity contribution in [3.05, 3.63) is 65.2 Å². The third kappa shape index (κ3) is 2.55. The molecule has 0 aliphatic rings. The number of nitriles is 1. The summed E-state index contributed by atoms with van der Waals surface area (Å²) in [6.45, 7) is 0. The Morgan fingerprint density at radius 3 is 2.41 bits per heavy atom. The highest BCUT2D eigenvalue weighted by Gasteiger charge is 2.08. The second-order valence-corrected chi connectivity index (χ2v) is 4.09. The number of benzene rings is 2. The van der Waals surface area contributed by atoms with Crippen LogP contribution < -0.4 is 0 Å². The Morgan fingerprint density at radius 1 is 1.06 bits per heavy atom. The standard InChI is InChI=1S/C14H9NOS/c15-9-10-2-1-3-12(8-10)14(16)11-4-6-13(17)7-5-11/h1-8,17H. The molecular formula is C14H9NOS. The Kier molecular flexibility index (Phi) is 3.27. The summed E-state index contributed by atoms with van der Waals surface area (Å²) in [7, 11) is 0. The molecule has 2 aromatic rings. The molecule has 2 rings (SSSR count). The molecule has 0 saturated carbocycles. The molecule has 0 aliphatic carbocycles. The fourth-order valence-electron chi connectivity index (χ4n) is 1.51. The molecule has 17 heavy (non-hydrogen) atoms. The zero-order chi connectivity index (χ0) is 12.3. The highest BCUT2D eigenvalue weighted by molar-refractivity contribution is 7.80. The molecule has 0 saturated heterocycles. The van der Waals surface area contributed by atoms with Crippen molar-refractivity contribution >= 4 is 18.4 Å². The molecule has 0 unspecified atom stereocenters. The molecule has 0 bridgehead atoms. The van der Waals surface area contributed by atoms with Gasteiger partial charge in [0.1, 0.15) is 0 Å². The average molecular weight is 239 g/mol. The van der Waals surface area contributed by atoms with Crippen LogP contribution >= 0.6 is 12.6 Å². The summed E-state index contributed by atoms with van der Waals surface area (Å²) in [5.41, 5.74) is 1.61. The first-order valence-electron chi connectivity index (χ1n) is 5.04. The smallest absolute Gasteiger partial charge is 0.193 e. The van der Waals surface area contributed by atoms with Crippen LogP contribution in [0.25, 0.3) is 0 Å². The van der Waals surface area contributed by atoms with Gasteiger partial charge in [-0.3, -0.25) is 4.79 Å². The van der Waals surface area contributed by atoms with Crippen molar-refractivity contribution < 1.29 is 4.79 Å². The highest BCUT2D eigenvalue weighted by Crippen LogP contribution is 2.13. The molecule has 2 aromatic carbocycles. The second-order valence-electron chi connectivity index (χ2n) is 3.57. The van der Waals surface area contributed by atoms with Crippen LogP contribution in [0.5, 0.6) is 0 Å². The van der Waals surface area contributed by atoms with Gasteiger partial charge in [-0.15, -0.1) is 12.6 Å². The first-order valence-corrected chi connectivity index (χ1v) is 5.49. The minimum atomic E-state index is -0.0876. The Labute approximate surface area is 105 Å². The minimum absolute atomic E-state index is 0.0876. The topological polar surface area (TPSA) is 40.9 Å². The van der Waals surface area contributed by atoms with Crippen LogP contribution in [0.15, 0.2) is 53.4 Å². The Morgan fingerprint density at radius 2 is 1.76 bits per heavy atom. The number of hydrogen-bond donors (Lipinski definition) is 1. The van der Waals surface area contributed by atoms with E-state index in [9.17, 15) is 4.79 Å². The van der Waals surface area contributed by atoms with Gasteiger partial charge in [0.05, 0.1) is 11.6 Å². The zero-order valence-corrected chi connectivity index (χ0v) is 9.82. The maximum Gasteiger partial charge on any atom is 0.193 e. The number of thiol groups is 1. The Balaban J connectivity index is 2.37. The maximum absolute atomic E-state index is 12.1. The van der Waals surface area contributed by atoms with Gasteiger partial charge in [-0.25, -0.2) is 0 Å². The van der Waals surface area contributed by atoms with E-state index >= 15 is 0 Å². The average Bonchev–Trinajstić information content (AvgIpc) is 2.39. The van der Waals surface area contributed by atoms with Crippen LogP contribution in [0.4, 0.5) is 0 Å². The SMILES string of the molecule is N#Cc1cccc(C(=O)c2ccc(S)cc2)c1. The summed E-state index contributed by atoms with van der Waals surface area (Å²) in [6.07, 6.45) is 0. The number of carbonyl (C=O) groups excluding carboxylic acids is 1. The highest BCUT2D eigenvalue weighted by atomic mass is 32.1. The molecule has 0 N–H and O–H groups in total. The van der Waals surface area contributed by atoms with E-state index in [1.54, 1.807) is 48.5 Å². The molecule has 0 amide bonds. The van der Waals surface area contributed by atoms with E-state index in [4.69, 9.17) is 5.26 Å². The van der Waals surface area contributed by atoms with E-state index in [1.807, 2.05) is 6.07 Å². The zero-order valence-electron chi connectivity index (χ0n) is 8.92. The molecule has 0 fully saturated rings. The number of carbonyl (C=O) groups is 1. The maximum atomic E-state index is 12.1. The fourth-order valence-corrected chi connectivity index (χ4v) is 1.66. The largest absolute Gasteiger partial charge is 0.289 e. The van der Waals surface area contributed by atoms with Crippen molar-refractivity contribution in [1.29, 1.82) is 5.26 Å². The lowest BCUT2D eigenvalue weighted by Gasteiger charge is -2.01. The molecule has 0 radical (unpaired) electrons. The summed E-state index contributed by atoms with van der Waals surface area (Å²) < 4.78 is 0. The normalized spacial score (nSPS) is 9.65. The number of hydrogen-bond acceptors (Lipinski definition) is 3. The van der Waals surface area contributed by atoms with E-state index in [0.717, 1.165) is 4.90 Å². The van der Waals surface area contributed by atoms with Crippen molar-refractivity contribution in [3.63, 3.8) is 0 Å². The molecule has 0 aromatic heterocycles. The van der Waals surface area contributed by atoms with Crippen LogP contribution in [-0.2, 0) is 0 Å². The first-order chi connectivity index (χ1) is 8.20. The Bertz CT molecular complexity index is 596. The second kappa shape index (κ2) is 4.86. The van der Waals surface area contributed by atoms with Crippen molar-refractivity contribution in [3.8, 4) is 6.07 Å². The summed E-state index contributed by atoms with van der Waals surface area (Å²) in [5, 5.41) is 8.78. The molecule has 0 spiro atoms. The van der Waals surface area contributed by atoms with Crippen LogP contribution in [-0.4, -0.2) is 5.78 Å². The van der Waals surface area contributed by atoms with Gasteiger partial charge in [0.2, 0.25) is 0 Å². The summed E-state index contributed by atoms with van der Waals surface area (Å²) in [5.74, 6) is -0.0876. The number of nitrogens with zero attached hydrogens (tertiary/aromatic N) is 1. The molecular weight excluding hydrogens is 230 g/mol. The van der Waals surface area contributed by atoms with Crippen LogP contribution in [0.1, 0.15) is 21.5 Å². The van der Waals surface area contributed by atoms with Gasteiger partial charge >= 0.3 is 0 Å². The van der Waals surface area contributed by atoms with Crippen LogP contribution in [0.3, 0.4) is 0 Å². The molecule has 82 valence electrons. The predicted molar refractivity (Wildman–Crippen MR) is 68.3 cm³/mol. The van der Waals surface area contributed by atoms with E-state index in [0.29, 0.717) is 16.7 Å². The van der Waals surface area contributed by atoms with Crippen molar-refractivity contribution in [1.82, 2.24) is 0 Å². The van der Waals surface area contributed by atoms with Crippen molar-refractivity contribution in [2.24, 2.45) is 0 Å². The molecule has 0 aliphatic heterocycles. The lowest BCUT2D eigenvalue weighted by atomic mass is 10.0. The monoisotopic (exact) mass is 239 g/mol. The third-order valence-corrected chi connectivity index (χ3v) is 2.68. The summed E-state index contributed by atoms with van der Waals surface area (Å²) in [4.78, 5) is 12.9. The molecule has 2 nitrogen and oxygen atoms in total. The van der Waals surface area contributed by atoms with Gasteiger partial charge in [-0.2, -0.15) is 5.26 Å². The minimum Gasteiger partial charge on any atom is -0.289 e. The number of ketones is 1. The van der Waals surface area contributed by atoms with Gasteiger partial charge in [0.15, 0.2) is 5.78 Å². The fraction of sp³-hybridized carbons (Fsp3) is 0. The Hall–Kier alpha value is -2.05. The van der Waals surface area contributed by atoms with Gasteiger partial charge in [-0.05, 0) is 36.4 Å². The molecule has 0 heterocycles. The molecule has 0 atom stereocenters. The van der Waals surface area contributed by atoms with E-state index in [2.05, 4.69) is 12.6 Å². The summed E-state index contributed by atoms with van der Waals surface area (Å²) in [6, 6.07) is 15.7. The predicted octanol–water partition coefficient (Wildman–Crippen LogP) is 3.08. The van der Waals surface area contributed by atoms with E-state index in [1.165, 1.54) is 0 Å².